The van der Waals surface area contributed by atoms with E-state index in [4.69, 9.17) is 10.00 Å². The van der Waals surface area contributed by atoms with Crippen LogP contribution in [-0.4, -0.2) is 16.6 Å². The van der Waals surface area contributed by atoms with Gasteiger partial charge in [0.2, 0.25) is 0 Å². The second kappa shape index (κ2) is 8.23. The van der Waals surface area contributed by atoms with Crippen molar-refractivity contribution >= 4 is 10.8 Å². The van der Waals surface area contributed by atoms with Crippen LogP contribution in [0.2, 0.25) is 0 Å². The Morgan fingerprint density at radius 3 is 2.43 bits per heavy atom. The maximum atomic E-state index is 11.9. The normalized spacial score (nSPS) is 11.6. The quantitative estimate of drug-likeness (QED) is 0.737. The van der Waals surface area contributed by atoms with E-state index in [2.05, 4.69) is 6.07 Å². The Hall–Kier alpha value is -2.12. The first-order valence-corrected chi connectivity index (χ1v) is 8.28. The van der Waals surface area contributed by atoms with Crippen LogP contribution in [0.4, 0.5) is 0 Å². The molecule has 0 fully saturated rings. The Morgan fingerprint density at radius 1 is 1.05 bits per heavy atom. The van der Waals surface area contributed by atoms with E-state index in [1.807, 2.05) is 30.3 Å². The Balaban J connectivity index is 1.67. The number of nitrogens with zero attached hydrogens (tertiary/aromatic N) is 1. The van der Waals surface area contributed by atoms with Gasteiger partial charge in [-0.05, 0) is 36.2 Å². The fourth-order valence-electron chi connectivity index (χ4n) is 1.87. The zero-order valence-corrected chi connectivity index (χ0v) is 12.5. The van der Waals surface area contributed by atoms with Crippen LogP contribution in [0.25, 0.3) is 0 Å². The molecule has 2 aromatic rings. The molecular formula is C17H17NO2S. The molecule has 0 radical (unpaired) electrons. The van der Waals surface area contributed by atoms with Crippen LogP contribution >= 0.6 is 0 Å². The summed E-state index contributed by atoms with van der Waals surface area (Å²) in [4.78, 5) is 0. The Kier molecular flexibility index (Phi) is 5.99. The first-order valence-electron chi connectivity index (χ1n) is 6.80. The van der Waals surface area contributed by atoms with Crippen LogP contribution < -0.4 is 4.74 Å². The minimum atomic E-state index is -0.857. The molecule has 0 aromatic heterocycles. The van der Waals surface area contributed by atoms with Gasteiger partial charge in [-0.25, -0.2) is 0 Å². The van der Waals surface area contributed by atoms with Crippen molar-refractivity contribution in [2.75, 3.05) is 12.4 Å². The molecule has 0 spiro atoms. The minimum absolute atomic E-state index is 0.534. The molecule has 0 saturated heterocycles. The summed E-state index contributed by atoms with van der Waals surface area (Å²) in [6.45, 7) is 0.534. The highest BCUT2D eigenvalue weighted by Crippen LogP contribution is 2.12. The third-order valence-corrected chi connectivity index (χ3v) is 4.34. The Labute approximate surface area is 127 Å². The van der Waals surface area contributed by atoms with Crippen molar-refractivity contribution in [3.8, 4) is 11.8 Å². The summed E-state index contributed by atoms with van der Waals surface area (Å²) in [7, 11) is -0.857. The number of nitriles is 1. The molecule has 0 bridgehead atoms. The number of hydrogen-bond acceptors (Lipinski definition) is 3. The van der Waals surface area contributed by atoms with Crippen molar-refractivity contribution in [2.45, 2.75) is 12.2 Å². The van der Waals surface area contributed by atoms with Crippen molar-refractivity contribution in [2.24, 2.45) is 0 Å². The topological polar surface area (TPSA) is 50.1 Å². The highest BCUT2D eigenvalue weighted by molar-refractivity contribution is 7.84. The molecular weight excluding hydrogens is 282 g/mol. The third kappa shape index (κ3) is 5.41. The molecule has 0 aliphatic heterocycles. The van der Waals surface area contributed by atoms with Crippen molar-refractivity contribution in [3.05, 3.63) is 65.7 Å². The predicted molar refractivity (Wildman–Crippen MR) is 84.4 cm³/mol. The molecule has 3 nitrogen and oxygen atoms in total. The molecule has 2 rings (SSSR count). The van der Waals surface area contributed by atoms with Gasteiger partial charge in [-0.15, -0.1) is 0 Å². The summed E-state index contributed by atoms with van der Waals surface area (Å²) in [6, 6.07) is 18.9. The van der Waals surface area contributed by atoms with E-state index in [1.54, 1.807) is 24.3 Å². The number of rotatable bonds is 7. The molecule has 108 valence electrons. The van der Waals surface area contributed by atoms with E-state index in [9.17, 15) is 4.21 Å². The fraction of sp³-hybridized carbons (Fsp3) is 0.235. The molecule has 4 heteroatoms. The van der Waals surface area contributed by atoms with Crippen LogP contribution in [-0.2, 0) is 16.6 Å². The third-order valence-electron chi connectivity index (χ3n) is 2.94. The van der Waals surface area contributed by atoms with Crippen LogP contribution in [0.15, 0.2) is 54.6 Å². The summed E-state index contributed by atoms with van der Waals surface area (Å²) < 4.78 is 17.5. The zero-order valence-electron chi connectivity index (χ0n) is 11.7. The van der Waals surface area contributed by atoms with E-state index >= 15 is 0 Å². The highest BCUT2D eigenvalue weighted by Gasteiger charge is 2.02. The van der Waals surface area contributed by atoms with Gasteiger partial charge >= 0.3 is 0 Å². The molecule has 0 amide bonds. The van der Waals surface area contributed by atoms with Crippen LogP contribution in [0.1, 0.15) is 17.5 Å². The van der Waals surface area contributed by atoms with Gasteiger partial charge in [0.1, 0.15) is 5.75 Å². The van der Waals surface area contributed by atoms with Crippen molar-refractivity contribution < 1.29 is 8.95 Å². The summed E-state index contributed by atoms with van der Waals surface area (Å²) in [6.07, 6.45) is 0.749. The van der Waals surface area contributed by atoms with Gasteiger partial charge in [0.15, 0.2) is 0 Å². The van der Waals surface area contributed by atoms with Gasteiger partial charge in [0.25, 0.3) is 0 Å². The zero-order chi connectivity index (χ0) is 14.9. The summed E-state index contributed by atoms with van der Waals surface area (Å²) in [5.41, 5.74) is 1.72. The average Bonchev–Trinajstić information content (AvgIpc) is 2.53. The molecule has 0 aliphatic rings. The van der Waals surface area contributed by atoms with Crippen molar-refractivity contribution in [1.82, 2.24) is 0 Å². The molecule has 0 N–H and O–H groups in total. The summed E-state index contributed by atoms with van der Waals surface area (Å²) in [5.74, 6) is 1.96. The van der Waals surface area contributed by atoms with Crippen LogP contribution in [0.3, 0.4) is 0 Å². The fourth-order valence-corrected chi connectivity index (χ4v) is 3.02. The number of ether oxygens (including phenoxy) is 1. The average molecular weight is 299 g/mol. The Morgan fingerprint density at radius 2 is 1.76 bits per heavy atom. The Bertz CT molecular complexity index is 617. The van der Waals surface area contributed by atoms with Crippen molar-refractivity contribution in [1.29, 1.82) is 5.26 Å². The predicted octanol–water partition coefficient (Wildman–Crippen LogP) is 3.28. The van der Waals surface area contributed by atoms with Gasteiger partial charge in [0.05, 0.1) is 18.2 Å². The molecule has 21 heavy (non-hydrogen) atoms. The lowest BCUT2D eigenvalue weighted by Crippen LogP contribution is -2.06. The minimum Gasteiger partial charge on any atom is -0.494 e. The van der Waals surface area contributed by atoms with E-state index in [1.165, 1.54) is 0 Å². The van der Waals surface area contributed by atoms with Crippen LogP contribution in [0, 0.1) is 11.3 Å². The van der Waals surface area contributed by atoms with Gasteiger partial charge in [-0.3, -0.25) is 4.21 Å². The highest BCUT2D eigenvalue weighted by atomic mass is 32.2. The largest absolute Gasteiger partial charge is 0.494 e. The van der Waals surface area contributed by atoms with Crippen molar-refractivity contribution in [3.63, 3.8) is 0 Å². The lowest BCUT2D eigenvalue weighted by molar-refractivity contribution is 0.318. The SMILES string of the molecule is N#Cc1ccc(OCCCS(=O)Cc2ccccc2)cc1. The van der Waals surface area contributed by atoms with Gasteiger partial charge in [-0.1, -0.05) is 30.3 Å². The number of hydrogen-bond donors (Lipinski definition) is 0. The van der Waals surface area contributed by atoms with E-state index in [0.717, 1.165) is 17.7 Å². The molecule has 0 saturated carbocycles. The maximum Gasteiger partial charge on any atom is 0.119 e. The number of benzene rings is 2. The van der Waals surface area contributed by atoms with E-state index < -0.39 is 10.8 Å². The second-order valence-corrected chi connectivity index (χ2v) is 6.19. The lowest BCUT2D eigenvalue weighted by Gasteiger charge is -2.06. The maximum absolute atomic E-state index is 11.9. The van der Waals surface area contributed by atoms with E-state index in [-0.39, 0.29) is 0 Å². The second-order valence-electron chi connectivity index (χ2n) is 4.61. The van der Waals surface area contributed by atoms with Crippen LogP contribution in [0.5, 0.6) is 5.75 Å². The smallest absolute Gasteiger partial charge is 0.119 e. The first-order chi connectivity index (χ1) is 10.3. The van der Waals surface area contributed by atoms with Gasteiger partial charge < -0.3 is 4.74 Å². The lowest BCUT2D eigenvalue weighted by atomic mass is 10.2. The molecule has 1 atom stereocenters. The van der Waals surface area contributed by atoms with Gasteiger partial charge in [0, 0.05) is 22.3 Å². The monoisotopic (exact) mass is 299 g/mol. The van der Waals surface area contributed by atoms with E-state index in [0.29, 0.717) is 23.7 Å². The standard InChI is InChI=1S/C17H17NO2S/c18-13-15-7-9-17(10-8-15)20-11-4-12-21(19)14-16-5-2-1-3-6-16/h1-3,5-10H,4,11-12,14H2. The molecule has 0 heterocycles. The van der Waals surface area contributed by atoms with Gasteiger partial charge in [-0.2, -0.15) is 5.26 Å². The molecule has 0 aliphatic carbocycles. The molecule has 2 aromatic carbocycles. The summed E-state index contributed by atoms with van der Waals surface area (Å²) in [5, 5.41) is 8.70. The molecule has 1 unspecified atom stereocenters. The first kappa shape index (κ1) is 15.3. The summed E-state index contributed by atoms with van der Waals surface area (Å²) >= 11 is 0.